The third-order valence-electron chi connectivity index (χ3n) is 4.60. The van der Waals surface area contributed by atoms with E-state index in [1.54, 1.807) is 37.3 Å². The summed E-state index contributed by atoms with van der Waals surface area (Å²) in [6, 6.07) is 14.6. The predicted octanol–water partition coefficient (Wildman–Crippen LogP) is 3.73. The molecular formula is C22H24N2O4. The molecule has 146 valence electrons. The minimum Gasteiger partial charge on any atom is -0.497 e. The second-order valence-corrected chi connectivity index (χ2v) is 6.85. The van der Waals surface area contributed by atoms with Crippen LogP contribution in [0.5, 0.6) is 11.5 Å². The first kappa shape index (κ1) is 19.5. The van der Waals surface area contributed by atoms with Crippen LogP contribution in [0.2, 0.25) is 0 Å². The Balaban J connectivity index is 2.01. The van der Waals surface area contributed by atoms with E-state index in [2.05, 4.69) is 4.98 Å². The van der Waals surface area contributed by atoms with Crippen molar-refractivity contribution in [1.29, 1.82) is 0 Å². The Labute approximate surface area is 163 Å². The first-order valence-corrected chi connectivity index (χ1v) is 9.08. The molecule has 0 aliphatic rings. The number of H-pyrrole nitrogens is 1. The molecule has 1 heterocycles. The van der Waals surface area contributed by atoms with Crippen molar-refractivity contribution in [3.05, 3.63) is 64.4 Å². The third kappa shape index (κ3) is 4.01. The first-order valence-electron chi connectivity index (χ1n) is 9.08. The average molecular weight is 380 g/mol. The molecule has 0 spiro atoms. The number of aromatic nitrogens is 1. The molecule has 6 nitrogen and oxygen atoms in total. The van der Waals surface area contributed by atoms with Crippen molar-refractivity contribution >= 4 is 22.5 Å². The van der Waals surface area contributed by atoms with Crippen LogP contribution in [-0.4, -0.2) is 25.1 Å². The van der Waals surface area contributed by atoms with Gasteiger partial charge in [-0.25, -0.2) is 0 Å². The largest absolute Gasteiger partial charge is 0.497 e. The van der Waals surface area contributed by atoms with Crippen LogP contribution in [0, 0.1) is 5.92 Å². The van der Waals surface area contributed by atoms with Crippen LogP contribution < -0.4 is 19.9 Å². The van der Waals surface area contributed by atoms with Crippen molar-refractivity contribution in [3.63, 3.8) is 0 Å². The van der Waals surface area contributed by atoms with E-state index >= 15 is 0 Å². The maximum Gasteiger partial charge on any atom is 0.253 e. The number of nitrogens with one attached hydrogen (secondary N) is 1. The molecule has 0 aliphatic heterocycles. The molecule has 28 heavy (non-hydrogen) atoms. The number of pyridine rings is 1. The molecule has 0 unspecified atom stereocenters. The Hall–Kier alpha value is -3.28. The zero-order valence-corrected chi connectivity index (χ0v) is 16.5. The van der Waals surface area contributed by atoms with Crippen LogP contribution in [0.25, 0.3) is 10.9 Å². The van der Waals surface area contributed by atoms with Crippen LogP contribution in [0.3, 0.4) is 0 Å². The van der Waals surface area contributed by atoms with Gasteiger partial charge in [0.15, 0.2) is 0 Å². The van der Waals surface area contributed by atoms with Crippen LogP contribution >= 0.6 is 0 Å². The lowest BCUT2D eigenvalue weighted by molar-refractivity contribution is -0.121. The smallest absolute Gasteiger partial charge is 0.253 e. The average Bonchev–Trinajstić information content (AvgIpc) is 2.71. The third-order valence-corrected chi connectivity index (χ3v) is 4.60. The highest BCUT2D eigenvalue weighted by Crippen LogP contribution is 2.24. The highest BCUT2D eigenvalue weighted by atomic mass is 16.5. The van der Waals surface area contributed by atoms with Gasteiger partial charge in [0.2, 0.25) is 5.91 Å². The summed E-state index contributed by atoms with van der Waals surface area (Å²) in [5, 5.41) is 0.877. The zero-order valence-electron chi connectivity index (χ0n) is 16.5. The van der Waals surface area contributed by atoms with Crippen molar-refractivity contribution in [1.82, 2.24) is 4.98 Å². The van der Waals surface area contributed by atoms with E-state index in [4.69, 9.17) is 9.47 Å². The summed E-state index contributed by atoms with van der Waals surface area (Å²) in [5.74, 6) is 1.12. The van der Waals surface area contributed by atoms with Gasteiger partial charge in [0.05, 0.1) is 26.3 Å². The molecule has 1 N–H and O–H groups in total. The van der Waals surface area contributed by atoms with Crippen molar-refractivity contribution in [2.24, 2.45) is 5.92 Å². The van der Waals surface area contributed by atoms with Gasteiger partial charge in [-0.3, -0.25) is 9.59 Å². The fraction of sp³-hybridized carbons (Fsp3) is 0.273. The maximum atomic E-state index is 12.8. The number of hydrogen-bond acceptors (Lipinski definition) is 4. The standard InChI is InChI=1S/C22H24N2O4/c1-14(2)22(26)24(17-6-9-18(27-3)10-7-17)13-16-11-15-5-8-19(28-4)12-20(15)23-21(16)25/h5-12,14H,13H2,1-4H3,(H,23,25). The maximum absolute atomic E-state index is 12.8. The van der Waals surface area contributed by atoms with Crippen LogP contribution in [-0.2, 0) is 11.3 Å². The highest BCUT2D eigenvalue weighted by Gasteiger charge is 2.21. The summed E-state index contributed by atoms with van der Waals surface area (Å²) < 4.78 is 10.4. The molecule has 0 bridgehead atoms. The number of methoxy groups -OCH3 is 2. The number of amides is 1. The van der Waals surface area contributed by atoms with Gasteiger partial charge < -0.3 is 19.4 Å². The van der Waals surface area contributed by atoms with Crippen LogP contribution in [0.4, 0.5) is 5.69 Å². The molecule has 0 radical (unpaired) electrons. The van der Waals surface area contributed by atoms with Gasteiger partial charge in [-0.2, -0.15) is 0 Å². The van der Waals surface area contributed by atoms with Crippen molar-refractivity contribution in [2.75, 3.05) is 19.1 Å². The monoisotopic (exact) mass is 380 g/mol. The molecule has 3 aromatic rings. The number of nitrogens with zero attached hydrogens (tertiary/aromatic N) is 1. The molecule has 0 atom stereocenters. The van der Waals surface area contributed by atoms with E-state index in [1.807, 2.05) is 44.2 Å². The number of fused-ring (bicyclic) bond motifs is 1. The Morgan fingerprint density at radius 1 is 1.00 bits per heavy atom. The van der Waals surface area contributed by atoms with Gasteiger partial charge in [0.25, 0.3) is 5.56 Å². The molecular weight excluding hydrogens is 356 g/mol. The summed E-state index contributed by atoms with van der Waals surface area (Å²) in [6.07, 6.45) is 0. The number of ether oxygens (including phenoxy) is 2. The van der Waals surface area contributed by atoms with Gasteiger partial charge >= 0.3 is 0 Å². The molecule has 1 aromatic heterocycles. The quantitative estimate of drug-likeness (QED) is 0.707. The van der Waals surface area contributed by atoms with Crippen LogP contribution in [0.15, 0.2) is 53.3 Å². The molecule has 0 fully saturated rings. The van der Waals surface area contributed by atoms with Crippen LogP contribution in [0.1, 0.15) is 19.4 Å². The number of rotatable bonds is 6. The molecule has 0 saturated heterocycles. The molecule has 0 saturated carbocycles. The Bertz CT molecular complexity index is 1040. The Kier molecular flexibility index (Phi) is 5.68. The summed E-state index contributed by atoms with van der Waals surface area (Å²) in [6.45, 7) is 3.87. The summed E-state index contributed by atoms with van der Waals surface area (Å²) in [7, 11) is 3.17. The van der Waals surface area contributed by atoms with E-state index in [-0.39, 0.29) is 23.9 Å². The van der Waals surface area contributed by atoms with Gasteiger partial charge in [-0.15, -0.1) is 0 Å². The Morgan fingerprint density at radius 2 is 1.64 bits per heavy atom. The number of carbonyl (C=O) groups is 1. The number of anilines is 1. The summed E-state index contributed by atoms with van der Waals surface area (Å²) in [5.41, 5.74) is 1.70. The minimum absolute atomic E-state index is 0.0561. The minimum atomic E-state index is -0.226. The number of benzene rings is 2. The number of carbonyl (C=O) groups excluding carboxylic acids is 1. The van der Waals surface area contributed by atoms with Gasteiger partial charge in [0, 0.05) is 23.2 Å². The second kappa shape index (κ2) is 8.17. The van der Waals surface area contributed by atoms with Gasteiger partial charge in [-0.05, 0) is 47.9 Å². The highest BCUT2D eigenvalue weighted by molar-refractivity contribution is 5.94. The topological polar surface area (TPSA) is 71.6 Å². The molecule has 0 aliphatic carbocycles. The normalized spacial score (nSPS) is 10.9. The van der Waals surface area contributed by atoms with Gasteiger partial charge in [-0.1, -0.05) is 13.8 Å². The van der Waals surface area contributed by atoms with Crippen molar-refractivity contribution in [2.45, 2.75) is 20.4 Å². The Morgan fingerprint density at radius 3 is 2.25 bits per heavy atom. The molecule has 3 rings (SSSR count). The lowest BCUT2D eigenvalue weighted by Crippen LogP contribution is -2.35. The van der Waals surface area contributed by atoms with Gasteiger partial charge in [0.1, 0.15) is 11.5 Å². The molecule has 1 amide bonds. The fourth-order valence-corrected chi connectivity index (χ4v) is 3.01. The fourth-order valence-electron chi connectivity index (χ4n) is 3.01. The van der Waals surface area contributed by atoms with E-state index in [9.17, 15) is 9.59 Å². The van der Waals surface area contributed by atoms with Crippen molar-refractivity contribution < 1.29 is 14.3 Å². The lowest BCUT2D eigenvalue weighted by Gasteiger charge is -2.25. The number of hydrogen-bond donors (Lipinski definition) is 1. The summed E-state index contributed by atoms with van der Waals surface area (Å²) in [4.78, 5) is 30.0. The van der Waals surface area contributed by atoms with E-state index in [0.717, 1.165) is 5.39 Å². The molecule has 6 heteroatoms. The van der Waals surface area contributed by atoms with E-state index in [1.165, 1.54) is 0 Å². The van der Waals surface area contributed by atoms with E-state index in [0.29, 0.717) is 28.3 Å². The molecule has 2 aromatic carbocycles. The predicted molar refractivity (Wildman–Crippen MR) is 110 cm³/mol. The SMILES string of the molecule is COc1ccc(N(Cc2cc3ccc(OC)cc3[nH]c2=O)C(=O)C(C)C)cc1. The second-order valence-electron chi connectivity index (χ2n) is 6.85. The van der Waals surface area contributed by atoms with Crippen molar-refractivity contribution in [3.8, 4) is 11.5 Å². The lowest BCUT2D eigenvalue weighted by atomic mass is 10.1. The zero-order chi connectivity index (χ0) is 20.3. The number of aromatic amines is 1. The summed E-state index contributed by atoms with van der Waals surface area (Å²) >= 11 is 0. The first-order chi connectivity index (χ1) is 13.4. The van der Waals surface area contributed by atoms with E-state index < -0.39 is 0 Å².